The van der Waals surface area contributed by atoms with Crippen LogP contribution in [0.1, 0.15) is 48.1 Å². The van der Waals surface area contributed by atoms with Crippen molar-refractivity contribution in [2.24, 2.45) is 0 Å². The summed E-state index contributed by atoms with van der Waals surface area (Å²) in [5, 5.41) is 18.9. The lowest BCUT2D eigenvalue weighted by molar-refractivity contribution is -0.138. The molecule has 0 unspecified atom stereocenters. The Labute approximate surface area is 242 Å². The molecule has 1 aromatic heterocycles. The van der Waals surface area contributed by atoms with Crippen LogP contribution >= 0.6 is 0 Å². The summed E-state index contributed by atoms with van der Waals surface area (Å²) in [4.78, 5) is 22.6. The number of carbonyl (C=O) groups is 2. The first-order valence-corrected chi connectivity index (χ1v) is 13.8. The van der Waals surface area contributed by atoms with Gasteiger partial charge in [0, 0.05) is 17.5 Å². The average Bonchev–Trinajstić information content (AvgIpc) is 3.23. The molecular weight excluding hydrogens is 544 g/mol. The van der Waals surface area contributed by atoms with Crippen LogP contribution in [0.4, 0.5) is 8.78 Å². The summed E-state index contributed by atoms with van der Waals surface area (Å²) >= 11 is 0. The smallest absolute Gasteiger partial charge is 0.323 e. The molecule has 0 spiro atoms. The van der Waals surface area contributed by atoms with Crippen LogP contribution in [0.5, 0.6) is 11.5 Å². The van der Waals surface area contributed by atoms with Gasteiger partial charge in [0.2, 0.25) is 0 Å². The number of aliphatic carboxylic acids is 2. The van der Waals surface area contributed by atoms with Gasteiger partial charge in [-0.2, -0.15) is 0 Å². The number of benzene rings is 3. The molecular formula is C33H33F2NO6. The highest BCUT2D eigenvalue weighted by atomic mass is 19.1. The third-order valence-electron chi connectivity index (χ3n) is 6.91. The predicted octanol–water partition coefficient (Wildman–Crippen LogP) is 7.13. The molecule has 4 aromatic rings. The van der Waals surface area contributed by atoms with Crippen LogP contribution in [0.3, 0.4) is 0 Å². The second-order valence-corrected chi connectivity index (χ2v) is 9.91. The lowest BCUT2D eigenvalue weighted by atomic mass is 10.0. The molecule has 0 bridgehead atoms. The first kappa shape index (κ1) is 30.3. The first-order valence-electron chi connectivity index (χ1n) is 13.8. The van der Waals surface area contributed by atoms with Crippen molar-refractivity contribution >= 4 is 35.0 Å². The van der Waals surface area contributed by atoms with Crippen LogP contribution in [-0.2, 0) is 22.6 Å². The summed E-state index contributed by atoms with van der Waals surface area (Å²) in [6.45, 7) is 2.43. The Bertz CT molecular complexity index is 1560. The number of rotatable bonds is 15. The van der Waals surface area contributed by atoms with Gasteiger partial charge in [0.15, 0.2) is 0 Å². The number of halogens is 2. The van der Waals surface area contributed by atoms with Gasteiger partial charge in [-0.15, -0.1) is 0 Å². The Morgan fingerprint density at radius 2 is 1.43 bits per heavy atom. The van der Waals surface area contributed by atoms with E-state index < -0.39 is 17.8 Å². The standard InChI is InChI=1S/C33H33F2NO6/c1-22-28(5-4-6-30(37)38)32-29(35)18-11-24(33(32)36(22)21-31(39)40)10-7-23-8-14-26(15-9-23)41-19-2-3-20-42-27-16-12-25(34)13-17-27/h7-18H,2-6,19-21H2,1H3,(H,37,38)(H,39,40). The quantitative estimate of drug-likeness (QED) is 0.115. The van der Waals surface area contributed by atoms with Crippen LogP contribution in [0.2, 0.25) is 0 Å². The van der Waals surface area contributed by atoms with Crippen molar-refractivity contribution in [3.05, 3.63) is 94.7 Å². The number of carboxylic acid groups (broad SMARTS) is 2. The van der Waals surface area contributed by atoms with Crippen molar-refractivity contribution in [1.82, 2.24) is 4.57 Å². The van der Waals surface area contributed by atoms with E-state index in [0.29, 0.717) is 65.3 Å². The molecule has 0 radical (unpaired) electrons. The van der Waals surface area contributed by atoms with E-state index in [1.165, 1.54) is 18.2 Å². The summed E-state index contributed by atoms with van der Waals surface area (Å²) in [5.74, 6) is -1.41. The zero-order valence-corrected chi connectivity index (χ0v) is 23.3. The predicted molar refractivity (Wildman–Crippen MR) is 157 cm³/mol. The molecule has 0 saturated carbocycles. The molecule has 3 aromatic carbocycles. The molecule has 0 atom stereocenters. The minimum absolute atomic E-state index is 0.0576. The average molecular weight is 578 g/mol. The summed E-state index contributed by atoms with van der Waals surface area (Å²) in [5.41, 5.74) is 3.25. The van der Waals surface area contributed by atoms with Gasteiger partial charge in [-0.25, -0.2) is 8.78 Å². The largest absolute Gasteiger partial charge is 0.494 e. The van der Waals surface area contributed by atoms with E-state index in [2.05, 4.69) is 0 Å². The van der Waals surface area contributed by atoms with Gasteiger partial charge in [-0.05, 0) is 97.8 Å². The van der Waals surface area contributed by atoms with Crippen LogP contribution < -0.4 is 9.47 Å². The zero-order chi connectivity index (χ0) is 30.1. The number of hydrogen-bond donors (Lipinski definition) is 2. The molecule has 220 valence electrons. The van der Waals surface area contributed by atoms with Gasteiger partial charge in [0.05, 0.1) is 18.7 Å². The highest BCUT2D eigenvalue weighted by Gasteiger charge is 2.21. The third-order valence-corrected chi connectivity index (χ3v) is 6.91. The molecule has 42 heavy (non-hydrogen) atoms. The number of aryl methyl sites for hydroxylation is 1. The Kier molecular flexibility index (Phi) is 10.3. The van der Waals surface area contributed by atoms with Crippen molar-refractivity contribution in [3.63, 3.8) is 0 Å². The SMILES string of the molecule is Cc1c(CCCC(=O)O)c2c(F)ccc(C=Cc3ccc(OCCCCOc4ccc(F)cc4)cc3)c2n1CC(=O)O. The maximum atomic E-state index is 15.1. The van der Waals surface area contributed by atoms with E-state index >= 15 is 4.39 Å². The zero-order valence-electron chi connectivity index (χ0n) is 23.3. The monoisotopic (exact) mass is 577 g/mol. The second kappa shape index (κ2) is 14.3. The maximum Gasteiger partial charge on any atom is 0.323 e. The van der Waals surface area contributed by atoms with Crippen molar-refractivity contribution in [2.75, 3.05) is 13.2 Å². The van der Waals surface area contributed by atoms with Crippen molar-refractivity contribution in [2.45, 2.75) is 45.6 Å². The van der Waals surface area contributed by atoms with Crippen molar-refractivity contribution in [3.8, 4) is 11.5 Å². The van der Waals surface area contributed by atoms with Gasteiger partial charge in [0.1, 0.15) is 29.7 Å². The number of carboxylic acids is 2. The van der Waals surface area contributed by atoms with E-state index in [-0.39, 0.29) is 18.8 Å². The molecule has 2 N–H and O–H groups in total. The Morgan fingerprint density at radius 1 is 0.810 bits per heavy atom. The molecule has 0 aliphatic carbocycles. The fraction of sp³-hybridized carbons (Fsp3) is 0.273. The molecule has 9 heteroatoms. The fourth-order valence-electron chi connectivity index (χ4n) is 4.84. The number of unbranched alkanes of at least 4 members (excludes halogenated alkanes) is 1. The van der Waals surface area contributed by atoms with E-state index in [1.807, 2.05) is 36.4 Å². The number of hydrogen-bond acceptors (Lipinski definition) is 4. The van der Waals surface area contributed by atoms with Crippen LogP contribution in [-0.4, -0.2) is 39.9 Å². The second-order valence-electron chi connectivity index (χ2n) is 9.91. The molecule has 0 saturated heterocycles. The molecule has 0 amide bonds. The first-order chi connectivity index (χ1) is 20.2. The lowest BCUT2D eigenvalue weighted by Crippen LogP contribution is -2.10. The van der Waals surface area contributed by atoms with Crippen molar-refractivity contribution in [1.29, 1.82) is 0 Å². The molecule has 7 nitrogen and oxygen atoms in total. The van der Waals surface area contributed by atoms with Crippen LogP contribution in [0.25, 0.3) is 23.1 Å². The van der Waals surface area contributed by atoms with Gasteiger partial charge < -0.3 is 24.3 Å². The molecule has 0 aliphatic heterocycles. The topological polar surface area (TPSA) is 98.0 Å². The van der Waals surface area contributed by atoms with E-state index in [1.54, 1.807) is 29.7 Å². The number of fused-ring (bicyclic) bond motifs is 1. The molecule has 0 fully saturated rings. The number of nitrogens with zero attached hydrogens (tertiary/aromatic N) is 1. The Morgan fingerprint density at radius 3 is 2.02 bits per heavy atom. The summed E-state index contributed by atoms with van der Waals surface area (Å²) in [6.07, 6.45) is 5.84. The number of aromatic nitrogens is 1. The third kappa shape index (κ3) is 7.96. The van der Waals surface area contributed by atoms with E-state index in [0.717, 1.165) is 18.4 Å². The van der Waals surface area contributed by atoms with Crippen LogP contribution in [0.15, 0.2) is 60.7 Å². The summed E-state index contributed by atoms with van der Waals surface area (Å²) in [7, 11) is 0. The Balaban J connectivity index is 1.41. The van der Waals surface area contributed by atoms with Crippen molar-refractivity contribution < 1.29 is 38.1 Å². The summed E-state index contributed by atoms with van der Waals surface area (Å²) in [6, 6.07) is 16.4. The Hall–Kier alpha value is -4.66. The highest BCUT2D eigenvalue weighted by molar-refractivity contribution is 5.95. The molecule has 0 aliphatic rings. The lowest BCUT2D eigenvalue weighted by Gasteiger charge is -2.08. The maximum absolute atomic E-state index is 15.1. The summed E-state index contributed by atoms with van der Waals surface area (Å²) < 4.78 is 41.0. The van der Waals surface area contributed by atoms with Gasteiger partial charge >= 0.3 is 11.9 Å². The number of ether oxygens (including phenoxy) is 2. The molecule has 1 heterocycles. The fourth-order valence-corrected chi connectivity index (χ4v) is 4.84. The highest BCUT2D eigenvalue weighted by Crippen LogP contribution is 2.33. The minimum atomic E-state index is -1.05. The van der Waals surface area contributed by atoms with Crippen LogP contribution in [0, 0.1) is 18.6 Å². The van der Waals surface area contributed by atoms with Gasteiger partial charge in [0.25, 0.3) is 0 Å². The van der Waals surface area contributed by atoms with E-state index in [9.17, 15) is 19.1 Å². The van der Waals surface area contributed by atoms with E-state index in [4.69, 9.17) is 14.6 Å². The van der Waals surface area contributed by atoms with Gasteiger partial charge in [-0.1, -0.05) is 24.3 Å². The van der Waals surface area contributed by atoms with Gasteiger partial charge in [-0.3, -0.25) is 9.59 Å². The minimum Gasteiger partial charge on any atom is -0.494 e. The molecule has 4 rings (SSSR count). The normalized spacial score (nSPS) is 11.3.